The molecule has 0 aliphatic heterocycles. The lowest BCUT2D eigenvalue weighted by Crippen LogP contribution is -2.31. The van der Waals surface area contributed by atoms with Crippen LogP contribution in [0, 0.1) is 11.8 Å². The van der Waals surface area contributed by atoms with Gasteiger partial charge in [0.15, 0.2) is 0 Å². The minimum atomic E-state index is 0.804. The fourth-order valence-electron chi connectivity index (χ4n) is 4.36. The first kappa shape index (κ1) is 15.7. The van der Waals surface area contributed by atoms with E-state index < -0.39 is 0 Å². The molecular formula is C18H34N2. The first-order valence-corrected chi connectivity index (χ1v) is 8.70. The van der Waals surface area contributed by atoms with Gasteiger partial charge in [0.25, 0.3) is 0 Å². The van der Waals surface area contributed by atoms with E-state index in [0.29, 0.717) is 0 Å². The molecule has 20 heavy (non-hydrogen) atoms. The van der Waals surface area contributed by atoms with Crippen LogP contribution < -0.4 is 0 Å². The van der Waals surface area contributed by atoms with Crippen LogP contribution in [-0.4, -0.2) is 38.0 Å². The van der Waals surface area contributed by atoms with Crippen molar-refractivity contribution in [1.82, 2.24) is 9.80 Å². The highest BCUT2D eigenvalue weighted by Crippen LogP contribution is 2.38. The molecule has 0 amide bonds. The molecular weight excluding hydrogens is 244 g/mol. The van der Waals surface area contributed by atoms with E-state index in [1.54, 1.807) is 11.4 Å². The lowest BCUT2D eigenvalue weighted by Gasteiger charge is -2.38. The Labute approximate surface area is 126 Å². The summed E-state index contributed by atoms with van der Waals surface area (Å²) in [7, 11) is 9.04. The molecule has 0 radical (unpaired) electrons. The van der Waals surface area contributed by atoms with Gasteiger partial charge in [0.2, 0.25) is 0 Å². The van der Waals surface area contributed by atoms with Gasteiger partial charge in [-0.3, -0.25) is 0 Å². The number of hydrogen-bond donors (Lipinski definition) is 0. The van der Waals surface area contributed by atoms with E-state index in [1.807, 2.05) is 0 Å². The molecule has 2 heteroatoms. The monoisotopic (exact) mass is 278 g/mol. The van der Waals surface area contributed by atoms with Gasteiger partial charge >= 0.3 is 0 Å². The molecule has 0 aromatic carbocycles. The van der Waals surface area contributed by atoms with E-state index in [2.05, 4.69) is 38.0 Å². The van der Waals surface area contributed by atoms with Gasteiger partial charge in [-0.1, -0.05) is 38.5 Å². The van der Waals surface area contributed by atoms with Crippen molar-refractivity contribution in [2.45, 2.75) is 64.2 Å². The van der Waals surface area contributed by atoms with Crippen LogP contribution in [0.15, 0.2) is 11.4 Å². The molecule has 0 aromatic heterocycles. The van der Waals surface area contributed by atoms with Crippen LogP contribution in [0.4, 0.5) is 0 Å². The van der Waals surface area contributed by atoms with E-state index in [1.165, 1.54) is 64.2 Å². The Morgan fingerprint density at radius 2 is 0.850 bits per heavy atom. The van der Waals surface area contributed by atoms with Gasteiger partial charge in [0, 0.05) is 51.4 Å². The Morgan fingerprint density at radius 1 is 0.550 bits per heavy atom. The van der Waals surface area contributed by atoms with Crippen LogP contribution in [-0.2, 0) is 0 Å². The zero-order chi connectivity index (χ0) is 14.5. The number of nitrogens with zero attached hydrogens (tertiary/aromatic N) is 2. The largest absolute Gasteiger partial charge is 0.379 e. The third kappa shape index (κ3) is 3.71. The SMILES string of the molecule is CN(C)/C(=C(\C1CCCCC1)N(C)C)C1CCCCC1. The third-order valence-electron chi connectivity index (χ3n) is 5.21. The molecule has 0 aromatic rings. The second-order valence-electron chi connectivity index (χ2n) is 7.23. The van der Waals surface area contributed by atoms with Crippen LogP contribution in [0.25, 0.3) is 0 Å². The molecule has 0 unspecified atom stereocenters. The zero-order valence-electron chi connectivity index (χ0n) is 14.1. The minimum Gasteiger partial charge on any atom is -0.379 e. The Kier molecular flexibility index (Phi) is 5.80. The smallest absolute Gasteiger partial charge is 0.0356 e. The van der Waals surface area contributed by atoms with Gasteiger partial charge in [0.05, 0.1) is 0 Å². The maximum atomic E-state index is 2.43. The predicted octanol–water partition coefficient (Wildman–Crippen LogP) is 4.48. The Hall–Kier alpha value is -0.660. The van der Waals surface area contributed by atoms with Gasteiger partial charge in [-0.15, -0.1) is 0 Å². The van der Waals surface area contributed by atoms with E-state index in [4.69, 9.17) is 0 Å². The van der Waals surface area contributed by atoms with Crippen molar-refractivity contribution < 1.29 is 0 Å². The lowest BCUT2D eigenvalue weighted by molar-refractivity contribution is 0.271. The Bertz CT molecular complexity index is 286. The van der Waals surface area contributed by atoms with Crippen LogP contribution in [0.1, 0.15) is 64.2 Å². The van der Waals surface area contributed by atoms with Gasteiger partial charge in [-0.05, 0) is 25.7 Å². The maximum absolute atomic E-state index is 2.43. The van der Waals surface area contributed by atoms with Crippen LogP contribution in [0.5, 0.6) is 0 Å². The number of rotatable bonds is 4. The summed E-state index contributed by atoms with van der Waals surface area (Å²) < 4.78 is 0. The highest BCUT2D eigenvalue weighted by atomic mass is 15.1. The summed E-state index contributed by atoms with van der Waals surface area (Å²) in [5.41, 5.74) is 3.31. The van der Waals surface area contributed by atoms with E-state index in [0.717, 1.165) is 11.8 Å². The fraction of sp³-hybridized carbons (Fsp3) is 0.889. The van der Waals surface area contributed by atoms with Crippen molar-refractivity contribution in [2.24, 2.45) is 11.8 Å². The minimum absolute atomic E-state index is 0.804. The van der Waals surface area contributed by atoms with Crippen LogP contribution in [0.3, 0.4) is 0 Å². The Morgan fingerprint density at radius 3 is 1.10 bits per heavy atom. The quantitative estimate of drug-likeness (QED) is 0.748. The highest BCUT2D eigenvalue weighted by molar-refractivity contribution is 5.18. The van der Waals surface area contributed by atoms with Gasteiger partial charge < -0.3 is 9.80 Å². The molecule has 0 bridgehead atoms. The summed E-state index contributed by atoms with van der Waals surface area (Å²) in [5, 5.41) is 0. The standard InChI is InChI=1S/C18H34N2/c1-19(2)17(15-11-7-5-8-12-15)18(20(3)4)16-13-9-6-10-14-16/h15-16H,5-14H2,1-4H3/b18-17+. The summed E-state index contributed by atoms with van der Waals surface area (Å²) in [6, 6.07) is 0. The molecule has 2 rings (SSSR count). The second kappa shape index (κ2) is 7.38. The van der Waals surface area contributed by atoms with Gasteiger partial charge in [-0.25, -0.2) is 0 Å². The summed E-state index contributed by atoms with van der Waals surface area (Å²) in [6.45, 7) is 0. The molecule has 2 saturated carbocycles. The normalized spacial score (nSPS) is 23.4. The molecule has 2 fully saturated rings. The summed E-state index contributed by atoms with van der Waals surface area (Å²) in [6.07, 6.45) is 14.2. The third-order valence-corrected chi connectivity index (χ3v) is 5.21. The molecule has 2 nitrogen and oxygen atoms in total. The molecule has 0 atom stereocenters. The average molecular weight is 278 g/mol. The summed E-state index contributed by atoms with van der Waals surface area (Å²) in [4.78, 5) is 4.86. The maximum Gasteiger partial charge on any atom is 0.0356 e. The topological polar surface area (TPSA) is 6.48 Å². The van der Waals surface area contributed by atoms with Crippen LogP contribution >= 0.6 is 0 Å². The molecule has 0 N–H and O–H groups in total. The fourth-order valence-corrected chi connectivity index (χ4v) is 4.36. The van der Waals surface area contributed by atoms with Crippen LogP contribution in [0.2, 0.25) is 0 Å². The first-order chi connectivity index (χ1) is 9.61. The second-order valence-corrected chi connectivity index (χ2v) is 7.23. The zero-order valence-corrected chi connectivity index (χ0v) is 14.1. The molecule has 2 aliphatic rings. The number of allylic oxidation sites excluding steroid dienone is 2. The Balaban J connectivity index is 2.30. The van der Waals surface area contributed by atoms with E-state index in [-0.39, 0.29) is 0 Å². The van der Waals surface area contributed by atoms with Crippen molar-refractivity contribution in [3.8, 4) is 0 Å². The van der Waals surface area contributed by atoms with Crippen molar-refractivity contribution in [2.75, 3.05) is 28.2 Å². The van der Waals surface area contributed by atoms with Crippen molar-refractivity contribution in [1.29, 1.82) is 0 Å². The van der Waals surface area contributed by atoms with E-state index in [9.17, 15) is 0 Å². The molecule has 0 heterocycles. The van der Waals surface area contributed by atoms with Gasteiger partial charge in [0.1, 0.15) is 0 Å². The first-order valence-electron chi connectivity index (χ1n) is 8.70. The van der Waals surface area contributed by atoms with Crippen molar-refractivity contribution in [3.63, 3.8) is 0 Å². The molecule has 2 aliphatic carbocycles. The lowest BCUT2D eigenvalue weighted by atomic mass is 9.80. The van der Waals surface area contributed by atoms with Crippen molar-refractivity contribution >= 4 is 0 Å². The van der Waals surface area contributed by atoms with E-state index >= 15 is 0 Å². The number of hydrogen-bond acceptors (Lipinski definition) is 2. The molecule has 0 spiro atoms. The predicted molar refractivity (Wildman–Crippen MR) is 87.6 cm³/mol. The van der Waals surface area contributed by atoms with Crippen molar-refractivity contribution in [3.05, 3.63) is 11.4 Å². The summed E-state index contributed by atoms with van der Waals surface area (Å²) in [5.74, 6) is 1.61. The molecule has 116 valence electrons. The van der Waals surface area contributed by atoms with Gasteiger partial charge in [-0.2, -0.15) is 0 Å². The highest BCUT2D eigenvalue weighted by Gasteiger charge is 2.28. The summed E-state index contributed by atoms with van der Waals surface area (Å²) >= 11 is 0. The molecule has 0 saturated heterocycles. The average Bonchev–Trinajstić information content (AvgIpc) is 2.45.